The Hall–Kier alpha value is -2.06. The highest BCUT2D eigenvalue weighted by atomic mass is 19.4. The highest BCUT2D eigenvalue weighted by molar-refractivity contribution is 5.95. The maximum Gasteiger partial charge on any atom is 0.408 e. The smallest absolute Gasteiger partial charge is 0.339 e. The maximum atomic E-state index is 12.7. The van der Waals surface area contributed by atoms with Crippen LogP contribution in [0.5, 0.6) is 0 Å². The Morgan fingerprint density at radius 1 is 1.17 bits per heavy atom. The van der Waals surface area contributed by atoms with E-state index in [1.165, 1.54) is 13.1 Å². The first-order valence-electron chi connectivity index (χ1n) is 7.89. The molecule has 0 bridgehead atoms. The lowest BCUT2D eigenvalue weighted by Gasteiger charge is -2.34. The molecule has 0 atom stereocenters. The van der Waals surface area contributed by atoms with Gasteiger partial charge in [0.2, 0.25) is 5.91 Å². The molecule has 6 nitrogen and oxygen atoms in total. The number of aromatic nitrogens is 2. The lowest BCUT2D eigenvalue weighted by atomic mass is 10.1. The molecule has 24 heavy (non-hydrogen) atoms. The first-order valence-corrected chi connectivity index (χ1v) is 7.89. The second kappa shape index (κ2) is 7.23. The van der Waals surface area contributed by atoms with E-state index in [9.17, 15) is 22.8 Å². The van der Waals surface area contributed by atoms with Crippen LogP contribution in [0.1, 0.15) is 36.3 Å². The van der Waals surface area contributed by atoms with Crippen molar-refractivity contribution in [1.82, 2.24) is 19.6 Å². The fourth-order valence-electron chi connectivity index (χ4n) is 2.79. The van der Waals surface area contributed by atoms with Gasteiger partial charge in [-0.3, -0.25) is 14.3 Å². The van der Waals surface area contributed by atoms with Crippen molar-refractivity contribution in [3.8, 4) is 0 Å². The molecule has 0 saturated carbocycles. The van der Waals surface area contributed by atoms with Crippen LogP contribution in [0.25, 0.3) is 0 Å². The molecule has 1 aromatic rings. The van der Waals surface area contributed by atoms with Crippen LogP contribution in [0.4, 0.5) is 13.2 Å². The average molecular weight is 346 g/mol. The van der Waals surface area contributed by atoms with E-state index >= 15 is 0 Å². The van der Waals surface area contributed by atoms with Crippen LogP contribution in [0.15, 0.2) is 6.20 Å². The van der Waals surface area contributed by atoms with Crippen molar-refractivity contribution in [2.45, 2.75) is 39.4 Å². The van der Waals surface area contributed by atoms with Gasteiger partial charge in [-0.1, -0.05) is 13.3 Å². The van der Waals surface area contributed by atoms with Crippen molar-refractivity contribution in [1.29, 1.82) is 0 Å². The molecule has 1 fully saturated rings. The summed E-state index contributed by atoms with van der Waals surface area (Å²) >= 11 is 0. The van der Waals surface area contributed by atoms with E-state index in [1.807, 2.05) is 6.92 Å². The number of piperazine rings is 1. The summed E-state index contributed by atoms with van der Waals surface area (Å²) in [5.74, 6) is -0.373. The van der Waals surface area contributed by atoms with Crippen LogP contribution < -0.4 is 0 Å². The number of halogens is 3. The summed E-state index contributed by atoms with van der Waals surface area (Å²) in [4.78, 5) is 27.2. The third-order valence-electron chi connectivity index (χ3n) is 4.01. The number of carbonyl (C=O) groups is 2. The second-order valence-corrected chi connectivity index (χ2v) is 5.83. The van der Waals surface area contributed by atoms with E-state index in [2.05, 4.69) is 5.10 Å². The predicted octanol–water partition coefficient (Wildman–Crippen LogP) is 1.70. The van der Waals surface area contributed by atoms with E-state index in [0.717, 1.165) is 4.68 Å². The molecule has 2 rings (SSSR count). The van der Waals surface area contributed by atoms with Gasteiger partial charge in [-0.15, -0.1) is 0 Å². The number of alkyl halides is 3. The van der Waals surface area contributed by atoms with Gasteiger partial charge in [0.1, 0.15) is 6.54 Å². The molecule has 0 unspecified atom stereocenters. The first kappa shape index (κ1) is 18.3. The van der Waals surface area contributed by atoms with E-state index < -0.39 is 12.7 Å². The van der Waals surface area contributed by atoms with Crippen molar-refractivity contribution >= 4 is 11.8 Å². The minimum absolute atomic E-state index is 0.0493. The summed E-state index contributed by atoms with van der Waals surface area (Å²) in [5.41, 5.74) is 0.534. The fraction of sp³-hybridized carbons (Fsp3) is 0.667. The van der Waals surface area contributed by atoms with Gasteiger partial charge in [0.05, 0.1) is 17.5 Å². The van der Waals surface area contributed by atoms with Crippen LogP contribution in [-0.4, -0.2) is 63.7 Å². The zero-order valence-corrected chi connectivity index (χ0v) is 13.8. The van der Waals surface area contributed by atoms with Crippen LogP contribution in [0, 0.1) is 0 Å². The van der Waals surface area contributed by atoms with E-state index in [4.69, 9.17) is 0 Å². The van der Waals surface area contributed by atoms with Gasteiger partial charge in [-0.05, 0) is 6.42 Å². The molecule has 0 aliphatic carbocycles. The fourth-order valence-corrected chi connectivity index (χ4v) is 2.79. The molecular formula is C15H21F3N4O2. The third-order valence-corrected chi connectivity index (χ3v) is 4.01. The molecule has 1 aliphatic rings. The van der Waals surface area contributed by atoms with Crippen molar-refractivity contribution in [3.05, 3.63) is 17.5 Å². The number of amides is 2. The summed E-state index contributed by atoms with van der Waals surface area (Å²) in [6.07, 6.45) is -2.20. The highest BCUT2D eigenvalue weighted by Crippen LogP contribution is 2.21. The third kappa shape index (κ3) is 4.27. The molecule has 0 aromatic carbocycles. The van der Waals surface area contributed by atoms with Gasteiger partial charge in [0.25, 0.3) is 5.91 Å². The Morgan fingerprint density at radius 3 is 2.25 bits per heavy atom. The van der Waals surface area contributed by atoms with Crippen molar-refractivity contribution in [2.24, 2.45) is 0 Å². The monoisotopic (exact) mass is 346 g/mol. The molecule has 1 aromatic heterocycles. The Kier molecular flexibility index (Phi) is 5.51. The largest absolute Gasteiger partial charge is 0.408 e. The molecule has 2 amide bonds. The number of rotatable bonds is 4. The molecular weight excluding hydrogens is 325 g/mol. The number of carbonyl (C=O) groups excluding carboxylic acids is 2. The van der Waals surface area contributed by atoms with E-state index in [1.54, 1.807) is 9.80 Å². The molecule has 9 heteroatoms. The lowest BCUT2D eigenvalue weighted by molar-refractivity contribution is -0.143. The predicted molar refractivity (Wildman–Crippen MR) is 80.4 cm³/mol. The van der Waals surface area contributed by atoms with Crippen LogP contribution in [-0.2, 0) is 17.8 Å². The summed E-state index contributed by atoms with van der Waals surface area (Å²) in [6.45, 7) is 3.71. The van der Waals surface area contributed by atoms with Gasteiger partial charge in [0, 0.05) is 33.1 Å². The number of nitrogens with zero attached hydrogens (tertiary/aromatic N) is 4. The molecule has 0 N–H and O–H groups in total. The van der Waals surface area contributed by atoms with Crippen LogP contribution in [0.3, 0.4) is 0 Å². The van der Waals surface area contributed by atoms with E-state index in [-0.39, 0.29) is 17.4 Å². The maximum absolute atomic E-state index is 12.7. The van der Waals surface area contributed by atoms with Crippen LogP contribution in [0.2, 0.25) is 0 Å². The molecule has 2 heterocycles. The zero-order valence-electron chi connectivity index (χ0n) is 13.8. The van der Waals surface area contributed by atoms with Gasteiger partial charge < -0.3 is 9.80 Å². The molecule has 0 spiro atoms. The highest BCUT2D eigenvalue weighted by Gasteiger charge is 2.32. The standard InChI is InChI=1S/C15H21F3N4O2/c1-3-4-13-12(9-19-22(13)10-15(16,17)18)14(24)21-7-5-20(6-8-21)11(2)23/h9H,3-8,10H2,1-2H3. The van der Waals surface area contributed by atoms with Gasteiger partial charge >= 0.3 is 6.18 Å². The molecule has 134 valence electrons. The van der Waals surface area contributed by atoms with Crippen molar-refractivity contribution < 1.29 is 22.8 Å². The van der Waals surface area contributed by atoms with Crippen molar-refractivity contribution in [2.75, 3.05) is 26.2 Å². The SMILES string of the molecule is CCCc1c(C(=O)N2CCN(C(C)=O)CC2)cnn1CC(F)(F)F. The topological polar surface area (TPSA) is 58.4 Å². The molecule has 0 radical (unpaired) electrons. The Balaban J connectivity index is 2.16. The summed E-state index contributed by atoms with van der Waals surface area (Å²) in [7, 11) is 0. The lowest BCUT2D eigenvalue weighted by Crippen LogP contribution is -2.50. The van der Waals surface area contributed by atoms with Gasteiger partial charge in [-0.25, -0.2) is 0 Å². The minimum Gasteiger partial charge on any atom is -0.339 e. The first-order chi connectivity index (χ1) is 11.2. The number of hydrogen-bond acceptors (Lipinski definition) is 3. The Labute approximate surface area is 138 Å². The number of hydrogen-bond donors (Lipinski definition) is 0. The average Bonchev–Trinajstić information content (AvgIpc) is 2.88. The minimum atomic E-state index is -4.39. The normalized spacial score (nSPS) is 15.7. The van der Waals surface area contributed by atoms with Crippen LogP contribution >= 0.6 is 0 Å². The Bertz CT molecular complexity index is 604. The quantitative estimate of drug-likeness (QED) is 0.834. The van der Waals surface area contributed by atoms with Gasteiger partial charge in [-0.2, -0.15) is 18.3 Å². The summed E-state index contributed by atoms with van der Waals surface area (Å²) < 4.78 is 38.8. The Morgan fingerprint density at radius 2 is 1.75 bits per heavy atom. The molecule has 1 saturated heterocycles. The summed E-state index contributed by atoms with van der Waals surface area (Å²) in [5, 5.41) is 3.76. The van der Waals surface area contributed by atoms with Crippen molar-refractivity contribution in [3.63, 3.8) is 0 Å². The molecule has 1 aliphatic heterocycles. The van der Waals surface area contributed by atoms with Gasteiger partial charge in [0.15, 0.2) is 0 Å². The zero-order chi connectivity index (χ0) is 17.9. The second-order valence-electron chi connectivity index (χ2n) is 5.83. The summed E-state index contributed by atoms with van der Waals surface area (Å²) in [6, 6.07) is 0. The van der Waals surface area contributed by atoms with E-state index in [0.29, 0.717) is 44.7 Å².